The fourth-order valence-corrected chi connectivity index (χ4v) is 1.92. The van der Waals surface area contributed by atoms with Crippen LogP contribution in [0.1, 0.15) is 6.92 Å². The summed E-state index contributed by atoms with van der Waals surface area (Å²) < 4.78 is 6.35. The number of anilines is 1. The van der Waals surface area contributed by atoms with Crippen LogP contribution in [0.2, 0.25) is 0 Å². The number of hydrogen-bond donors (Lipinski definition) is 2. The van der Waals surface area contributed by atoms with Crippen LogP contribution < -0.4 is 10.5 Å². The molecule has 0 saturated carbocycles. The molecule has 3 N–H and O–H groups in total. The number of hydrogen-bond acceptors (Lipinski definition) is 3. The molecule has 0 bridgehead atoms. The maximum Gasteiger partial charge on any atom is 0.145 e. The number of H-pyrrole nitrogens is 1. The van der Waals surface area contributed by atoms with Crippen LogP contribution in [0, 0.1) is 0 Å². The van der Waals surface area contributed by atoms with Crippen LogP contribution in [0.5, 0.6) is 5.75 Å². The molecule has 2 aromatic rings. The van der Waals surface area contributed by atoms with Crippen molar-refractivity contribution in [3.8, 4) is 17.0 Å². The first kappa shape index (κ1) is 11.0. The molecule has 0 saturated heterocycles. The number of benzene rings is 1. The lowest BCUT2D eigenvalue weighted by Gasteiger charge is -2.06. The Kier molecular flexibility index (Phi) is 3.14. The molecule has 84 valence electrons. The highest BCUT2D eigenvalue weighted by molar-refractivity contribution is 9.10. The molecule has 5 heteroatoms. The van der Waals surface area contributed by atoms with Crippen molar-refractivity contribution < 1.29 is 4.74 Å². The highest BCUT2D eigenvalue weighted by atomic mass is 79.9. The van der Waals surface area contributed by atoms with E-state index in [0.29, 0.717) is 12.4 Å². The van der Waals surface area contributed by atoms with Crippen molar-refractivity contribution in [3.63, 3.8) is 0 Å². The standard InChI is InChI=1S/C11H12BrN3O/c1-2-16-10-4-3-7(5-8(10)12)9-6-11(13)15-14-9/h3-6H,2H2,1H3,(H3,13,14,15). The third-order valence-electron chi connectivity index (χ3n) is 2.14. The largest absolute Gasteiger partial charge is 0.493 e. The minimum absolute atomic E-state index is 0.486. The van der Waals surface area contributed by atoms with E-state index in [1.807, 2.05) is 25.1 Å². The molecule has 0 radical (unpaired) electrons. The molecule has 1 aromatic heterocycles. The van der Waals surface area contributed by atoms with Crippen LogP contribution in [-0.2, 0) is 0 Å². The predicted molar refractivity (Wildman–Crippen MR) is 67.3 cm³/mol. The molecule has 0 spiro atoms. The van der Waals surface area contributed by atoms with E-state index in [-0.39, 0.29) is 0 Å². The monoisotopic (exact) mass is 281 g/mol. The third kappa shape index (κ3) is 2.19. The zero-order chi connectivity index (χ0) is 11.5. The molecule has 0 aliphatic heterocycles. The van der Waals surface area contributed by atoms with Gasteiger partial charge in [0.25, 0.3) is 0 Å². The Hall–Kier alpha value is -1.49. The van der Waals surface area contributed by atoms with Crippen LogP contribution >= 0.6 is 15.9 Å². The summed E-state index contributed by atoms with van der Waals surface area (Å²) in [4.78, 5) is 0. The van der Waals surface area contributed by atoms with Gasteiger partial charge in [-0.2, -0.15) is 5.10 Å². The zero-order valence-electron chi connectivity index (χ0n) is 8.83. The third-order valence-corrected chi connectivity index (χ3v) is 2.76. The smallest absolute Gasteiger partial charge is 0.145 e. The van der Waals surface area contributed by atoms with E-state index >= 15 is 0 Å². The van der Waals surface area contributed by atoms with Gasteiger partial charge in [0.1, 0.15) is 11.6 Å². The van der Waals surface area contributed by atoms with Crippen LogP contribution in [0.4, 0.5) is 5.82 Å². The maximum atomic E-state index is 5.55. The first-order valence-electron chi connectivity index (χ1n) is 4.94. The average Bonchev–Trinajstić information content (AvgIpc) is 2.68. The second-order valence-corrected chi connectivity index (χ2v) is 4.14. The Morgan fingerprint density at radius 2 is 2.25 bits per heavy atom. The predicted octanol–water partition coefficient (Wildman–Crippen LogP) is 2.82. The number of aromatic nitrogens is 2. The summed E-state index contributed by atoms with van der Waals surface area (Å²) >= 11 is 3.46. The molecular formula is C11H12BrN3O. The lowest BCUT2D eigenvalue weighted by atomic mass is 10.1. The number of aromatic amines is 1. The van der Waals surface area contributed by atoms with Crippen molar-refractivity contribution in [1.82, 2.24) is 10.2 Å². The first-order valence-corrected chi connectivity index (χ1v) is 5.73. The van der Waals surface area contributed by atoms with Crippen LogP contribution in [-0.4, -0.2) is 16.8 Å². The minimum atomic E-state index is 0.486. The Labute approximate surface area is 102 Å². The molecule has 2 rings (SSSR count). The highest BCUT2D eigenvalue weighted by Gasteiger charge is 2.05. The van der Waals surface area contributed by atoms with E-state index < -0.39 is 0 Å². The van der Waals surface area contributed by atoms with Crippen molar-refractivity contribution in [3.05, 3.63) is 28.7 Å². The lowest BCUT2D eigenvalue weighted by Crippen LogP contribution is -1.92. The Bertz CT molecular complexity index is 496. The van der Waals surface area contributed by atoms with Crippen LogP contribution in [0.3, 0.4) is 0 Å². The van der Waals surface area contributed by atoms with Gasteiger partial charge in [-0.3, -0.25) is 5.10 Å². The van der Waals surface area contributed by atoms with Gasteiger partial charge < -0.3 is 10.5 Å². The summed E-state index contributed by atoms with van der Waals surface area (Å²) in [5.41, 5.74) is 7.46. The van der Waals surface area contributed by atoms with Crippen molar-refractivity contribution in [2.75, 3.05) is 12.3 Å². The van der Waals surface area contributed by atoms with Crippen LogP contribution in [0.15, 0.2) is 28.7 Å². The SMILES string of the molecule is CCOc1ccc(-c2cc(N)n[nH]2)cc1Br. The summed E-state index contributed by atoms with van der Waals surface area (Å²) in [6.07, 6.45) is 0. The second kappa shape index (κ2) is 4.57. The molecule has 0 atom stereocenters. The van der Waals surface area contributed by atoms with Crippen molar-refractivity contribution in [2.24, 2.45) is 0 Å². The van der Waals surface area contributed by atoms with Gasteiger partial charge >= 0.3 is 0 Å². The Balaban J connectivity index is 2.34. The van der Waals surface area contributed by atoms with Gasteiger partial charge in [0.15, 0.2) is 0 Å². The number of nitrogens with one attached hydrogen (secondary N) is 1. The number of nitrogens with zero attached hydrogens (tertiary/aromatic N) is 1. The normalized spacial score (nSPS) is 10.4. The van der Waals surface area contributed by atoms with Gasteiger partial charge in [-0.1, -0.05) is 0 Å². The number of ether oxygens (including phenoxy) is 1. The van der Waals surface area contributed by atoms with E-state index in [9.17, 15) is 0 Å². The minimum Gasteiger partial charge on any atom is -0.493 e. The molecule has 16 heavy (non-hydrogen) atoms. The van der Waals surface area contributed by atoms with E-state index in [1.165, 1.54) is 0 Å². The van der Waals surface area contributed by atoms with Gasteiger partial charge in [-0.25, -0.2) is 0 Å². The van der Waals surface area contributed by atoms with Crippen molar-refractivity contribution in [1.29, 1.82) is 0 Å². The quantitative estimate of drug-likeness (QED) is 0.909. The number of nitrogens with two attached hydrogens (primary N) is 1. The molecule has 1 heterocycles. The zero-order valence-corrected chi connectivity index (χ0v) is 10.4. The molecule has 0 amide bonds. The van der Waals surface area contributed by atoms with E-state index in [1.54, 1.807) is 6.07 Å². The van der Waals surface area contributed by atoms with E-state index in [0.717, 1.165) is 21.5 Å². The molecule has 0 fully saturated rings. The molecule has 0 unspecified atom stereocenters. The van der Waals surface area contributed by atoms with E-state index in [4.69, 9.17) is 10.5 Å². The Morgan fingerprint density at radius 3 is 2.81 bits per heavy atom. The maximum absolute atomic E-state index is 5.55. The first-order chi connectivity index (χ1) is 7.70. The topological polar surface area (TPSA) is 63.9 Å². The summed E-state index contributed by atoms with van der Waals surface area (Å²) in [6, 6.07) is 7.64. The number of nitrogen functional groups attached to an aromatic ring is 1. The number of rotatable bonds is 3. The van der Waals surface area contributed by atoms with Crippen molar-refractivity contribution >= 4 is 21.7 Å². The fourth-order valence-electron chi connectivity index (χ4n) is 1.43. The molecule has 4 nitrogen and oxygen atoms in total. The van der Waals surface area contributed by atoms with Gasteiger partial charge in [0.2, 0.25) is 0 Å². The summed E-state index contributed by atoms with van der Waals surface area (Å²) in [5, 5.41) is 6.75. The second-order valence-electron chi connectivity index (χ2n) is 3.28. The Morgan fingerprint density at radius 1 is 1.44 bits per heavy atom. The van der Waals surface area contributed by atoms with Gasteiger partial charge in [0, 0.05) is 11.6 Å². The average molecular weight is 282 g/mol. The van der Waals surface area contributed by atoms with Crippen molar-refractivity contribution in [2.45, 2.75) is 6.92 Å². The van der Waals surface area contributed by atoms with Crippen LogP contribution in [0.25, 0.3) is 11.3 Å². The molecular weight excluding hydrogens is 270 g/mol. The molecule has 0 aliphatic carbocycles. The van der Waals surface area contributed by atoms with Gasteiger partial charge in [-0.15, -0.1) is 0 Å². The fraction of sp³-hybridized carbons (Fsp3) is 0.182. The summed E-state index contributed by atoms with van der Waals surface area (Å²) in [7, 11) is 0. The lowest BCUT2D eigenvalue weighted by molar-refractivity contribution is 0.338. The summed E-state index contributed by atoms with van der Waals surface area (Å²) in [5.74, 6) is 1.32. The molecule has 1 aromatic carbocycles. The van der Waals surface area contributed by atoms with Gasteiger partial charge in [-0.05, 0) is 41.1 Å². The highest BCUT2D eigenvalue weighted by Crippen LogP contribution is 2.30. The molecule has 0 aliphatic rings. The van der Waals surface area contributed by atoms with E-state index in [2.05, 4.69) is 26.1 Å². The van der Waals surface area contributed by atoms with Gasteiger partial charge in [0.05, 0.1) is 16.8 Å². The number of halogens is 1. The summed E-state index contributed by atoms with van der Waals surface area (Å²) in [6.45, 7) is 2.60.